The number of nitrogens with zero attached hydrogens (tertiary/aromatic N) is 1. The number of hydrogen-bond acceptors (Lipinski definition) is 4. The molecule has 0 aliphatic rings. The highest BCUT2D eigenvalue weighted by Crippen LogP contribution is 2.10. The highest BCUT2D eigenvalue weighted by molar-refractivity contribution is 5.92. The Labute approximate surface area is 95.2 Å². The molecule has 0 bridgehead atoms. The van der Waals surface area contributed by atoms with Gasteiger partial charge in [0, 0.05) is 25.4 Å². The van der Waals surface area contributed by atoms with Crippen LogP contribution in [-0.4, -0.2) is 37.6 Å². The predicted molar refractivity (Wildman–Crippen MR) is 61.7 cm³/mol. The molecule has 1 amide bonds. The minimum Gasteiger partial charge on any atom is -0.492 e. The largest absolute Gasteiger partial charge is 0.492 e. The third-order valence-corrected chi connectivity index (χ3v) is 1.92. The summed E-state index contributed by atoms with van der Waals surface area (Å²) < 4.78 is 5.43. The third-order valence-electron chi connectivity index (χ3n) is 1.92. The summed E-state index contributed by atoms with van der Waals surface area (Å²) in [5, 5.41) is 5.66. The number of rotatable bonds is 6. The quantitative estimate of drug-likeness (QED) is 0.686. The normalized spacial score (nSPS) is 9.88. The highest BCUT2D eigenvalue weighted by atomic mass is 16.5. The summed E-state index contributed by atoms with van der Waals surface area (Å²) in [5.74, 6) is 0.480. The van der Waals surface area contributed by atoms with Crippen molar-refractivity contribution in [2.45, 2.75) is 6.92 Å². The number of hydrogen-bond donors (Lipinski definition) is 2. The number of pyridine rings is 1. The lowest BCUT2D eigenvalue weighted by Gasteiger charge is -2.07. The van der Waals surface area contributed by atoms with Gasteiger partial charge in [0.15, 0.2) is 0 Å². The topological polar surface area (TPSA) is 63.2 Å². The first kappa shape index (κ1) is 12.4. The zero-order valence-electron chi connectivity index (χ0n) is 9.62. The molecular formula is C11H17N3O2. The second-order valence-electron chi connectivity index (χ2n) is 3.19. The number of carbonyl (C=O) groups is 1. The minimum atomic E-state index is -0.179. The van der Waals surface area contributed by atoms with E-state index < -0.39 is 0 Å². The molecule has 2 N–H and O–H groups in total. The maximum atomic E-state index is 11.5. The second kappa shape index (κ2) is 6.79. The molecule has 0 saturated heterocycles. The molecule has 0 fully saturated rings. The average molecular weight is 223 g/mol. The van der Waals surface area contributed by atoms with Crippen LogP contribution in [0.25, 0.3) is 0 Å². The zero-order chi connectivity index (χ0) is 11.8. The van der Waals surface area contributed by atoms with Gasteiger partial charge in [0.05, 0.1) is 0 Å². The van der Waals surface area contributed by atoms with Gasteiger partial charge in [-0.1, -0.05) is 0 Å². The molecule has 1 heterocycles. The molecule has 0 spiro atoms. The van der Waals surface area contributed by atoms with Crippen LogP contribution in [-0.2, 0) is 0 Å². The van der Waals surface area contributed by atoms with Crippen LogP contribution in [0, 0.1) is 0 Å². The molecule has 5 nitrogen and oxygen atoms in total. The van der Waals surface area contributed by atoms with E-state index in [9.17, 15) is 4.79 Å². The van der Waals surface area contributed by atoms with Crippen LogP contribution in [0.4, 0.5) is 0 Å². The smallest absolute Gasteiger partial charge is 0.270 e. The lowest BCUT2D eigenvalue weighted by Crippen LogP contribution is -2.23. The Bertz CT molecular complexity index is 342. The molecule has 0 atom stereocenters. The van der Waals surface area contributed by atoms with Crippen molar-refractivity contribution in [1.82, 2.24) is 15.6 Å². The lowest BCUT2D eigenvalue weighted by atomic mass is 10.3. The summed E-state index contributed by atoms with van der Waals surface area (Å²) in [5.41, 5.74) is 0.379. The number of aromatic nitrogens is 1. The van der Waals surface area contributed by atoms with Gasteiger partial charge in [-0.15, -0.1) is 0 Å². The van der Waals surface area contributed by atoms with Gasteiger partial charge >= 0.3 is 0 Å². The molecule has 0 aliphatic heterocycles. The Balaban J connectivity index is 2.60. The third kappa shape index (κ3) is 3.86. The predicted octanol–water partition coefficient (Wildman–Crippen LogP) is 0.429. The summed E-state index contributed by atoms with van der Waals surface area (Å²) in [6.07, 6.45) is 1.57. The van der Waals surface area contributed by atoms with E-state index >= 15 is 0 Å². The molecule has 5 heteroatoms. The fourth-order valence-corrected chi connectivity index (χ4v) is 1.15. The van der Waals surface area contributed by atoms with Crippen molar-refractivity contribution in [3.63, 3.8) is 0 Å². The molecule has 88 valence electrons. The van der Waals surface area contributed by atoms with Crippen LogP contribution in [0.1, 0.15) is 17.4 Å². The molecule has 1 aromatic rings. The van der Waals surface area contributed by atoms with E-state index in [2.05, 4.69) is 15.6 Å². The minimum absolute atomic E-state index is 0.179. The number of nitrogens with one attached hydrogen (secondary N) is 2. The molecule has 0 radical (unpaired) electrons. The van der Waals surface area contributed by atoms with Gasteiger partial charge in [-0.05, 0) is 20.0 Å². The average Bonchev–Trinajstić information content (AvgIpc) is 2.30. The maximum Gasteiger partial charge on any atom is 0.270 e. The van der Waals surface area contributed by atoms with Gasteiger partial charge in [-0.2, -0.15) is 0 Å². The molecular weight excluding hydrogens is 206 g/mol. The van der Waals surface area contributed by atoms with Gasteiger partial charge in [-0.25, -0.2) is 0 Å². The Morgan fingerprint density at radius 3 is 3.06 bits per heavy atom. The Hall–Kier alpha value is -1.62. The molecule has 16 heavy (non-hydrogen) atoms. The zero-order valence-corrected chi connectivity index (χ0v) is 9.62. The van der Waals surface area contributed by atoms with E-state index in [1.54, 1.807) is 18.3 Å². The molecule has 0 aromatic carbocycles. The standard InChI is InChI=1S/C11H17N3O2/c1-3-13-11(15)10-8-9(4-5-14-10)16-7-6-12-2/h4-5,8,12H,3,6-7H2,1-2H3,(H,13,15). The first-order valence-electron chi connectivity index (χ1n) is 5.29. The summed E-state index contributed by atoms with van der Waals surface area (Å²) in [6, 6.07) is 3.37. The Kier molecular flexibility index (Phi) is 5.28. The van der Waals surface area contributed by atoms with Crippen molar-refractivity contribution in [3.05, 3.63) is 24.0 Å². The fraction of sp³-hybridized carbons (Fsp3) is 0.455. The van der Waals surface area contributed by atoms with E-state index in [1.165, 1.54) is 0 Å². The molecule has 1 rings (SSSR count). The van der Waals surface area contributed by atoms with Crippen LogP contribution < -0.4 is 15.4 Å². The second-order valence-corrected chi connectivity index (χ2v) is 3.19. The van der Waals surface area contributed by atoms with Gasteiger partial charge in [-0.3, -0.25) is 9.78 Å². The van der Waals surface area contributed by atoms with Crippen molar-refractivity contribution in [2.24, 2.45) is 0 Å². The van der Waals surface area contributed by atoms with Gasteiger partial charge in [0.25, 0.3) is 5.91 Å². The van der Waals surface area contributed by atoms with E-state index in [0.717, 1.165) is 6.54 Å². The van der Waals surface area contributed by atoms with Crippen molar-refractivity contribution in [3.8, 4) is 5.75 Å². The van der Waals surface area contributed by atoms with Crippen molar-refractivity contribution in [2.75, 3.05) is 26.7 Å². The lowest BCUT2D eigenvalue weighted by molar-refractivity contribution is 0.0950. The SMILES string of the molecule is CCNC(=O)c1cc(OCCNC)ccn1. The van der Waals surface area contributed by atoms with Crippen molar-refractivity contribution >= 4 is 5.91 Å². The molecule has 0 saturated carbocycles. The van der Waals surface area contributed by atoms with E-state index in [0.29, 0.717) is 24.6 Å². The monoisotopic (exact) mass is 223 g/mol. The van der Waals surface area contributed by atoms with Crippen LogP contribution in [0.5, 0.6) is 5.75 Å². The fourth-order valence-electron chi connectivity index (χ4n) is 1.15. The number of amides is 1. The van der Waals surface area contributed by atoms with Gasteiger partial charge < -0.3 is 15.4 Å². The van der Waals surface area contributed by atoms with E-state index in [4.69, 9.17) is 4.74 Å². The van der Waals surface area contributed by atoms with Gasteiger partial charge in [0.1, 0.15) is 18.1 Å². The molecule has 0 aliphatic carbocycles. The molecule has 0 unspecified atom stereocenters. The summed E-state index contributed by atoms with van der Waals surface area (Å²) in [6.45, 7) is 3.78. The van der Waals surface area contributed by atoms with E-state index in [-0.39, 0.29) is 5.91 Å². The Morgan fingerprint density at radius 2 is 2.38 bits per heavy atom. The number of likely N-dealkylation sites (N-methyl/N-ethyl adjacent to an activating group) is 1. The van der Waals surface area contributed by atoms with E-state index in [1.807, 2.05) is 14.0 Å². The highest BCUT2D eigenvalue weighted by Gasteiger charge is 2.06. The summed E-state index contributed by atoms with van der Waals surface area (Å²) in [4.78, 5) is 15.5. The maximum absolute atomic E-state index is 11.5. The van der Waals surface area contributed by atoms with Crippen LogP contribution in [0.2, 0.25) is 0 Å². The van der Waals surface area contributed by atoms with Crippen LogP contribution in [0.3, 0.4) is 0 Å². The Morgan fingerprint density at radius 1 is 1.56 bits per heavy atom. The van der Waals surface area contributed by atoms with Crippen molar-refractivity contribution < 1.29 is 9.53 Å². The van der Waals surface area contributed by atoms with Crippen molar-refractivity contribution in [1.29, 1.82) is 0 Å². The number of carbonyl (C=O) groups excluding carboxylic acids is 1. The first-order valence-corrected chi connectivity index (χ1v) is 5.29. The summed E-state index contributed by atoms with van der Waals surface area (Å²) >= 11 is 0. The summed E-state index contributed by atoms with van der Waals surface area (Å²) in [7, 11) is 1.86. The number of ether oxygens (including phenoxy) is 1. The van der Waals surface area contributed by atoms with Crippen LogP contribution in [0.15, 0.2) is 18.3 Å². The first-order chi connectivity index (χ1) is 7.77. The molecule has 1 aromatic heterocycles. The van der Waals surface area contributed by atoms with Crippen LogP contribution >= 0.6 is 0 Å². The van der Waals surface area contributed by atoms with Gasteiger partial charge in [0.2, 0.25) is 0 Å².